The molecule has 0 aromatic rings. The van der Waals surface area contributed by atoms with E-state index in [0.717, 1.165) is 39.3 Å². The fraction of sp³-hybridized carbons (Fsp3) is 1.00. The molecule has 0 amide bonds. The van der Waals surface area contributed by atoms with Gasteiger partial charge >= 0.3 is 0 Å². The SMILES string of the molecule is CCNCCN(CCN(CC)C(C)C)CCN(C(C)C)C(C)C. The average Bonchev–Trinajstić information content (AvgIpc) is 2.46. The van der Waals surface area contributed by atoms with Crippen LogP contribution in [0.15, 0.2) is 0 Å². The van der Waals surface area contributed by atoms with Crippen LogP contribution in [0.4, 0.5) is 0 Å². The van der Waals surface area contributed by atoms with Crippen LogP contribution in [0.2, 0.25) is 0 Å². The molecular weight excluding hydrogens is 284 g/mol. The first-order valence-electron chi connectivity index (χ1n) is 9.76. The summed E-state index contributed by atoms with van der Waals surface area (Å²) in [4.78, 5) is 7.79. The first-order chi connectivity index (χ1) is 10.8. The molecule has 0 rings (SSSR count). The second kappa shape index (κ2) is 13.2. The summed E-state index contributed by atoms with van der Waals surface area (Å²) >= 11 is 0. The van der Waals surface area contributed by atoms with E-state index >= 15 is 0 Å². The molecule has 0 aliphatic heterocycles. The third-order valence-corrected chi connectivity index (χ3v) is 4.70. The van der Waals surface area contributed by atoms with E-state index in [2.05, 4.69) is 75.4 Å². The molecule has 4 nitrogen and oxygen atoms in total. The maximum atomic E-state index is 3.47. The summed E-state index contributed by atoms with van der Waals surface area (Å²) in [5, 5.41) is 3.47. The lowest BCUT2D eigenvalue weighted by Crippen LogP contribution is -2.46. The highest BCUT2D eigenvalue weighted by atomic mass is 15.2. The van der Waals surface area contributed by atoms with Crippen molar-refractivity contribution in [3.63, 3.8) is 0 Å². The molecule has 0 aromatic carbocycles. The third-order valence-electron chi connectivity index (χ3n) is 4.70. The van der Waals surface area contributed by atoms with Gasteiger partial charge in [-0.25, -0.2) is 0 Å². The minimum absolute atomic E-state index is 0.619. The highest BCUT2D eigenvalue weighted by Gasteiger charge is 2.16. The molecule has 0 radical (unpaired) electrons. The van der Waals surface area contributed by atoms with Crippen molar-refractivity contribution in [2.75, 3.05) is 52.4 Å². The molecule has 0 saturated carbocycles. The highest BCUT2D eigenvalue weighted by Crippen LogP contribution is 2.05. The Balaban J connectivity index is 4.48. The smallest absolute Gasteiger partial charge is 0.0115 e. The van der Waals surface area contributed by atoms with Crippen LogP contribution in [0.1, 0.15) is 55.4 Å². The van der Waals surface area contributed by atoms with Gasteiger partial charge in [-0.3, -0.25) is 14.7 Å². The van der Waals surface area contributed by atoms with Crippen molar-refractivity contribution in [1.29, 1.82) is 0 Å². The molecule has 140 valence electrons. The Bertz CT molecular complexity index is 258. The molecule has 0 spiro atoms. The molecule has 0 aliphatic carbocycles. The summed E-state index contributed by atoms with van der Waals surface area (Å²) in [6.07, 6.45) is 0. The largest absolute Gasteiger partial charge is 0.316 e. The van der Waals surface area contributed by atoms with E-state index in [1.807, 2.05) is 0 Å². The second-order valence-corrected chi connectivity index (χ2v) is 7.34. The lowest BCUT2D eigenvalue weighted by atomic mass is 10.2. The zero-order chi connectivity index (χ0) is 17.8. The molecule has 1 N–H and O–H groups in total. The fourth-order valence-corrected chi connectivity index (χ4v) is 3.17. The minimum atomic E-state index is 0.619. The van der Waals surface area contributed by atoms with Gasteiger partial charge in [0.15, 0.2) is 0 Å². The summed E-state index contributed by atoms with van der Waals surface area (Å²) in [7, 11) is 0. The number of hydrogen-bond acceptors (Lipinski definition) is 4. The maximum Gasteiger partial charge on any atom is 0.0115 e. The number of hydrogen-bond donors (Lipinski definition) is 1. The Morgan fingerprint density at radius 3 is 1.70 bits per heavy atom. The molecule has 0 aromatic heterocycles. The van der Waals surface area contributed by atoms with Crippen LogP contribution in [-0.4, -0.2) is 85.2 Å². The van der Waals surface area contributed by atoms with E-state index in [1.54, 1.807) is 0 Å². The van der Waals surface area contributed by atoms with Crippen molar-refractivity contribution in [1.82, 2.24) is 20.0 Å². The molecule has 0 atom stereocenters. The van der Waals surface area contributed by atoms with Crippen LogP contribution >= 0.6 is 0 Å². The summed E-state index contributed by atoms with van der Waals surface area (Å²) in [6, 6.07) is 1.88. The van der Waals surface area contributed by atoms with Gasteiger partial charge in [-0.15, -0.1) is 0 Å². The number of likely N-dealkylation sites (N-methyl/N-ethyl adjacent to an activating group) is 2. The van der Waals surface area contributed by atoms with E-state index in [4.69, 9.17) is 0 Å². The van der Waals surface area contributed by atoms with Gasteiger partial charge in [0.25, 0.3) is 0 Å². The Kier molecular flexibility index (Phi) is 13.1. The van der Waals surface area contributed by atoms with Gasteiger partial charge in [-0.2, -0.15) is 0 Å². The predicted octanol–water partition coefficient (Wildman–Crippen LogP) is 2.75. The van der Waals surface area contributed by atoms with Crippen molar-refractivity contribution in [3.05, 3.63) is 0 Å². The quantitative estimate of drug-likeness (QED) is 0.495. The van der Waals surface area contributed by atoms with Crippen molar-refractivity contribution < 1.29 is 0 Å². The van der Waals surface area contributed by atoms with E-state index in [-0.39, 0.29) is 0 Å². The molecule has 0 unspecified atom stereocenters. The summed E-state index contributed by atoms with van der Waals surface area (Å²) in [6.45, 7) is 27.4. The summed E-state index contributed by atoms with van der Waals surface area (Å²) < 4.78 is 0. The van der Waals surface area contributed by atoms with Crippen molar-refractivity contribution in [2.45, 2.75) is 73.5 Å². The van der Waals surface area contributed by atoms with Crippen molar-refractivity contribution in [2.24, 2.45) is 0 Å². The number of rotatable bonds is 14. The van der Waals surface area contributed by atoms with Crippen LogP contribution in [-0.2, 0) is 0 Å². The van der Waals surface area contributed by atoms with Crippen LogP contribution in [0, 0.1) is 0 Å². The first-order valence-corrected chi connectivity index (χ1v) is 9.76. The third kappa shape index (κ3) is 10.3. The summed E-state index contributed by atoms with van der Waals surface area (Å²) in [5.41, 5.74) is 0. The number of nitrogens with zero attached hydrogens (tertiary/aromatic N) is 3. The fourth-order valence-electron chi connectivity index (χ4n) is 3.17. The van der Waals surface area contributed by atoms with Gasteiger partial charge in [-0.05, 0) is 54.6 Å². The Labute approximate surface area is 146 Å². The zero-order valence-electron chi connectivity index (χ0n) is 17.2. The molecule has 0 heterocycles. The monoisotopic (exact) mass is 328 g/mol. The predicted molar refractivity (Wildman–Crippen MR) is 104 cm³/mol. The Morgan fingerprint density at radius 1 is 0.696 bits per heavy atom. The van der Waals surface area contributed by atoms with Crippen LogP contribution in [0.3, 0.4) is 0 Å². The second-order valence-electron chi connectivity index (χ2n) is 7.34. The molecule has 4 heteroatoms. The molecular formula is C19H44N4. The molecule has 23 heavy (non-hydrogen) atoms. The highest BCUT2D eigenvalue weighted by molar-refractivity contribution is 4.72. The topological polar surface area (TPSA) is 21.8 Å². The van der Waals surface area contributed by atoms with Crippen molar-refractivity contribution in [3.8, 4) is 0 Å². The van der Waals surface area contributed by atoms with Crippen molar-refractivity contribution >= 4 is 0 Å². The van der Waals surface area contributed by atoms with Gasteiger partial charge in [0.1, 0.15) is 0 Å². The van der Waals surface area contributed by atoms with E-state index in [9.17, 15) is 0 Å². The molecule has 0 fully saturated rings. The maximum absolute atomic E-state index is 3.47. The average molecular weight is 329 g/mol. The van der Waals surface area contributed by atoms with Crippen LogP contribution in [0.5, 0.6) is 0 Å². The molecule has 0 aliphatic rings. The van der Waals surface area contributed by atoms with Gasteiger partial charge < -0.3 is 5.32 Å². The van der Waals surface area contributed by atoms with Gasteiger partial charge in [0.05, 0.1) is 0 Å². The van der Waals surface area contributed by atoms with Gasteiger partial charge in [0, 0.05) is 57.4 Å². The van der Waals surface area contributed by atoms with E-state index < -0.39 is 0 Å². The minimum Gasteiger partial charge on any atom is -0.316 e. The zero-order valence-corrected chi connectivity index (χ0v) is 17.2. The first kappa shape index (κ1) is 22.8. The molecule has 0 saturated heterocycles. The van der Waals surface area contributed by atoms with Crippen LogP contribution in [0.25, 0.3) is 0 Å². The van der Waals surface area contributed by atoms with E-state index in [0.29, 0.717) is 18.1 Å². The summed E-state index contributed by atoms with van der Waals surface area (Å²) in [5.74, 6) is 0. The lowest BCUT2D eigenvalue weighted by Gasteiger charge is -2.34. The normalized spacial score (nSPS) is 12.8. The Morgan fingerprint density at radius 2 is 1.26 bits per heavy atom. The van der Waals surface area contributed by atoms with E-state index in [1.165, 1.54) is 13.1 Å². The van der Waals surface area contributed by atoms with Gasteiger partial charge in [0.2, 0.25) is 0 Å². The standard InChI is InChI=1S/C19H44N4/c1-9-20-11-12-21(13-15-22(10-2)17(3)4)14-16-23(18(5)6)19(7)8/h17-20H,9-16H2,1-8H3. The van der Waals surface area contributed by atoms with Crippen LogP contribution < -0.4 is 5.32 Å². The molecule has 0 bridgehead atoms. The number of nitrogens with one attached hydrogen (secondary N) is 1. The lowest BCUT2D eigenvalue weighted by molar-refractivity contribution is 0.130. The van der Waals surface area contributed by atoms with Gasteiger partial charge in [-0.1, -0.05) is 13.8 Å². The Hall–Kier alpha value is -0.160.